The van der Waals surface area contributed by atoms with Crippen LogP contribution < -0.4 is 5.73 Å². The van der Waals surface area contributed by atoms with E-state index in [1.165, 1.54) is 23.9 Å². The minimum absolute atomic E-state index is 0.105. The van der Waals surface area contributed by atoms with Gasteiger partial charge in [-0.25, -0.2) is 0 Å². The smallest absolute Gasteiger partial charge is 0.274 e. The summed E-state index contributed by atoms with van der Waals surface area (Å²) in [6.45, 7) is 1.98. The van der Waals surface area contributed by atoms with Crippen LogP contribution >= 0.6 is 11.8 Å². The minimum Gasteiger partial charge on any atom is -0.366 e. The maximum absolute atomic E-state index is 11.3. The van der Waals surface area contributed by atoms with Crippen molar-refractivity contribution in [1.29, 1.82) is 0 Å². The van der Waals surface area contributed by atoms with E-state index in [1.54, 1.807) is 12.4 Å². The first-order chi connectivity index (χ1) is 12.5. The number of para-hydroxylation sites is 1. The van der Waals surface area contributed by atoms with Gasteiger partial charge in [-0.2, -0.15) is 0 Å². The molecule has 0 radical (unpaired) electrons. The Bertz CT molecular complexity index is 986. The predicted octanol–water partition coefficient (Wildman–Crippen LogP) is 2.88. The second kappa shape index (κ2) is 7.36. The number of amides is 1. The first kappa shape index (κ1) is 17.6. The van der Waals surface area contributed by atoms with Gasteiger partial charge in [-0.3, -0.25) is 19.5 Å². The van der Waals surface area contributed by atoms with Gasteiger partial charge in [-0.15, -0.1) is 10.2 Å². The molecule has 26 heavy (non-hydrogen) atoms. The number of thioether (sulfide) groups is 1. The third kappa shape index (κ3) is 3.57. The molecule has 3 rings (SSSR count). The van der Waals surface area contributed by atoms with Crippen molar-refractivity contribution in [3.8, 4) is 5.69 Å². The van der Waals surface area contributed by atoms with Gasteiger partial charge in [0.25, 0.3) is 5.69 Å². The van der Waals surface area contributed by atoms with Crippen molar-refractivity contribution in [2.45, 2.75) is 17.8 Å². The fourth-order valence-corrected chi connectivity index (χ4v) is 3.39. The van der Waals surface area contributed by atoms with Crippen molar-refractivity contribution in [3.63, 3.8) is 0 Å². The highest BCUT2D eigenvalue weighted by molar-refractivity contribution is 7.98. The van der Waals surface area contributed by atoms with Crippen LogP contribution in [0.25, 0.3) is 5.69 Å². The zero-order valence-corrected chi connectivity index (χ0v) is 14.6. The number of nitrogens with zero attached hydrogens (tertiary/aromatic N) is 4. The highest BCUT2D eigenvalue weighted by Crippen LogP contribution is 2.29. The first-order valence-corrected chi connectivity index (χ1v) is 8.62. The van der Waals surface area contributed by atoms with E-state index < -0.39 is 10.8 Å². The number of nitro benzene ring substituents is 1. The molecule has 0 saturated heterocycles. The van der Waals surface area contributed by atoms with E-state index in [4.69, 9.17) is 5.73 Å². The van der Waals surface area contributed by atoms with E-state index in [1.807, 2.05) is 35.8 Å². The summed E-state index contributed by atoms with van der Waals surface area (Å²) in [6.07, 6.45) is 1.61. The van der Waals surface area contributed by atoms with E-state index in [-0.39, 0.29) is 11.3 Å². The van der Waals surface area contributed by atoms with Crippen LogP contribution in [0.3, 0.4) is 0 Å². The summed E-state index contributed by atoms with van der Waals surface area (Å²) in [5, 5.41) is 20.0. The minimum atomic E-state index is -0.702. The van der Waals surface area contributed by atoms with Crippen molar-refractivity contribution in [2.24, 2.45) is 5.73 Å². The van der Waals surface area contributed by atoms with Gasteiger partial charge in [0, 0.05) is 22.9 Å². The molecule has 2 aromatic carbocycles. The van der Waals surface area contributed by atoms with Crippen LogP contribution in [-0.2, 0) is 5.75 Å². The molecule has 3 aromatic rings. The number of nitro groups is 1. The Labute approximate surface area is 153 Å². The second-order valence-corrected chi connectivity index (χ2v) is 6.47. The molecule has 132 valence electrons. The molecule has 0 atom stereocenters. The Morgan fingerprint density at radius 3 is 2.77 bits per heavy atom. The molecule has 8 nitrogen and oxygen atoms in total. The van der Waals surface area contributed by atoms with Gasteiger partial charge < -0.3 is 5.73 Å². The van der Waals surface area contributed by atoms with E-state index in [2.05, 4.69) is 10.2 Å². The number of hydrogen-bond acceptors (Lipinski definition) is 6. The van der Waals surface area contributed by atoms with Gasteiger partial charge in [-0.05, 0) is 24.6 Å². The summed E-state index contributed by atoms with van der Waals surface area (Å²) in [5.41, 5.74) is 7.64. The number of benzene rings is 2. The van der Waals surface area contributed by atoms with E-state index in [0.717, 1.165) is 11.3 Å². The van der Waals surface area contributed by atoms with Gasteiger partial charge >= 0.3 is 0 Å². The summed E-state index contributed by atoms with van der Waals surface area (Å²) in [6, 6.07) is 12.0. The number of nitrogens with two attached hydrogens (primary N) is 1. The Morgan fingerprint density at radius 2 is 2.08 bits per heavy atom. The Morgan fingerprint density at radius 1 is 1.31 bits per heavy atom. The third-order valence-electron chi connectivity index (χ3n) is 3.81. The van der Waals surface area contributed by atoms with Crippen molar-refractivity contribution >= 4 is 23.4 Å². The summed E-state index contributed by atoms with van der Waals surface area (Å²) in [5.74, 6) is -0.397. The standard InChI is InChI=1S/C17H15N5O3S/c1-11-4-2-3-5-14(11)21-10-19-20-17(21)26-9-13-7-6-12(16(18)23)8-15(13)22(24)25/h2-8,10H,9H2,1H3,(H2,18,23). The second-order valence-electron chi connectivity index (χ2n) is 5.52. The SMILES string of the molecule is Cc1ccccc1-n1cnnc1SCc1ccc(C(N)=O)cc1[N+](=O)[O-]. The van der Waals surface area contributed by atoms with Crippen molar-refractivity contribution in [3.05, 3.63) is 75.6 Å². The van der Waals surface area contributed by atoms with Crippen LogP contribution in [0.15, 0.2) is 53.9 Å². The summed E-state index contributed by atoms with van der Waals surface area (Å²) < 4.78 is 1.84. The molecule has 0 saturated carbocycles. The van der Waals surface area contributed by atoms with Gasteiger partial charge in [0.05, 0.1) is 10.6 Å². The molecular formula is C17H15N5O3S. The predicted molar refractivity (Wildman–Crippen MR) is 97.3 cm³/mol. The van der Waals surface area contributed by atoms with Crippen molar-refractivity contribution < 1.29 is 9.72 Å². The highest BCUT2D eigenvalue weighted by Gasteiger charge is 2.18. The molecule has 9 heteroatoms. The zero-order chi connectivity index (χ0) is 18.7. The normalized spacial score (nSPS) is 10.7. The van der Waals surface area contributed by atoms with E-state index in [9.17, 15) is 14.9 Å². The number of aryl methyl sites for hydroxylation is 1. The molecule has 0 aliphatic heterocycles. The van der Waals surface area contributed by atoms with Gasteiger partial charge in [-0.1, -0.05) is 36.0 Å². The Hall–Kier alpha value is -3.20. The average molecular weight is 369 g/mol. The van der Waals surface area contributed by atoms with Crippen molar-refractivity contribution in [1.82, 2.24) is 14.8 Å². The molecule has 1 aromatic heterocycles. The fraction of sp³-hybridized carbons (Fsp3) is 0.118. The maximum atomic E-state index is 11.3. The quantitative estimate of drug-likeness (QED) is 0.406. The topological polar surface area (TPSA) is 117 Å². The lowest BCUT2D eigenvalue weighted by atomic mass is 10.1. The van der Waals surface area contributed by atoms with E-state index in [0.29, 0.717) is 16.5 Å². The number of carbonyl (C=O) groups is 1. The summed E-state index contributed by atoms with van der Waals surface area (Å²) >= 11 is 1.32. The van der Waals surface area contributed by atoms with Gasteiger partial charge in [0.2, 0.25) is 5.91 Å². The monoisotopic (exact) mass is 369 g/mol. The van der Waals surface area contributed by atoms with Crippen LogP contribution in [0.2, 0.25) is 0 Å². The van der Waals surface area contributed by atoms with E-state index >= 15 is 0 Å². The highest BCUT2D eigenvalue weighted by atomic mass is 32.2. The van der Waals surface area contributed by atoms with Crippen LogP contribution in [-0.4, -0.2) is 25.6 Å². The number of carbonyl (C=O) groups excluding carboxylic acids is 1. The van der Waals surface area contributed by atoms with Crippen LogP contribution in [0.4, 0.5) is 5.69 Å². The molecule has 1 amide bonds. The van der Waals surface area contributed by atoms with Gasteiger partial charge in [0.1, 0.15) is 6.33 Å². The zero-order valence-electron chi connectivity index (χ0n) is 13.8. The summed E-state index contributed by atoms with van der Waals surface area (Å²) in [4.78, 5) is 22.0. The molecule has 2 N–H and O–H groups in total. The largest absolute Gasteiger partial charge is 0.366 e. The van der Waals surface area contributed by atoms with Crippen LogP contribution in [0.5, 0.6) is 0 Å². The Balaban J connectivity index is 1.87. The van der Waals surface area contributed by atoms with Crippen molar-refractivity contribution in [2.75, 3.05) is 0 Å². The molecule has 1 heterocycles. The first-order valence-electron chi connectivity index (χ1n) is 7.63. The number of hydrogen-bond donors (Lipinski definition) is 1. The lowest BCUT2D eigenvalue weighted by Crippen LogP contribution is -2.11. The third-order valence-corrected chi connectivity index (χ3v) is 4.81. The maximum Gasteiger partial charge on any atom is 0.274 e. The molecule has 0 bridgehead atoms. The molecule has 0 aliphatic rings. The number of primary amides is 1. The van der Waals surface area contributed by atoms with Gasteiger partial charge in [0.15, 0.2) is 5.16 Å². The molecule has 0 unspecified atom stereocenters. The molecule has 0 spiro atoms. The fourth-order valence-electron chi connectivity index (χ4n) is 2.47. The van der Waals surface area contributed by atoms with Crippen LogP contribution in [0.1, 0.15) is 21.5 Å². The van der Waals surface area contributed by atoms with Crippen LogP contribution in [0, 0.1) is 17.0 Å². The molecular weight excluding hydrogens is 354 g/mol. The lowest BCUT2D eigenvalue weighted by molar-refractivity contribution is -0.385. The lowest BCUT2D eigenvalue weighted by Gasteiger charge is -2.09. The summed E-state index contributed by atoms with van der Waals surface area (Å²) in [7, 11) is 0. The molecule has 0 aliphatic carbocycles. The Kier molecular flexibility index (Phi) is 4.99. The number of rotatable bonds is 6. The molecule has 0 fully saturated rings. The number of aromatic nitrogens is 3. The average Bonchev–Trinajstić information content (AvgIpc) is 3.08.